The van der Waals surface area contributed by atoms with Crippen LogP contribution in [0.4, 0.5) is 5.82 Å². The smallest absolute Gasteiger partial charge is 0.293 e. The summed E-state index contributed by atoms with van der Waals surface area (Å²) in [7, 11) is 1.73. The SMILES string of the molecule is CSCCCCCCNc1nccn(C)c1=O. The summed E-state index contributed by atoms with van der Waals surface area (Å²) in [4.78, 5) is 15.6. The van der Waals surface area contributed by atoms with Gasteiger partial charge in [-0.25, -0.2) is 4.98 Å². The molecule has 17 heavy (non-hydrogen) atoms. The van der Waals surface area contributed by atoms with Crippen LogP contribution in [0.3, 0.4) is 0 Å². The van der Waals surface area contributed by atoms with E-state index in [2.05, 4.69) is 16.6 Å². The Kier molecular flexibility index (Phi) is 6.77. The highest BCUT2D eigenvalue weighted by atomic mass is 32.2. The summed E-state index contributed by atoms with van der Waals surface area (Å²) in [6.07, 6.45) is 10.3. The molecule has 0 saturated carbocycles. The third-order valence-electron chi connectivity index (χ3n) is 2.58. The maximum absolute atomic E-state index is 11.6. The van der Waals surface area contributed by atoms with Crippen LogP contribution in [0.1, 0.15) is 25.7 Å². The molecule has 96 valence electrons. The average Bonchev–Trinajstić information content (AvgIpc) is 2.33. The Morgan fingerprint density at radius 3 is 2.88 bits per heavy atom. The van der Waals surface area contributed by atoms with Crippen molar-refractivity contribution in [3.05, 3.63) is 22.7 Å². The lowest BCUT2D eigenvalue weighted by molar-refractivity contribution is 0.687. The molecule has 0 aromatic carbocycles. The second-order valence-corrected chi connectivity index (χ2v) is 5.01. The largest absolute Gasteiger partial charge is 0.365 e. The van der Waals surface area contributed by atoms with Gasteiger partial charge in [0.05, 0.1) is 0 Å². The first kappa shape index (κ1) is 14.1. The average molecular weight is 255 g/mol. The number of aromatic nitrogens is 2. The van der Waals surface area contributed by atoms with Gasteiger partial charge in [-0.2, -0.15) is 11.8 Å². The summed E-state index contributed by atoms with van der Waals surface area (Å²) in [6, 6.07) is 0. The lowest BCUT2D eigenvalue weighted by atomic mass is 10.2. The zero-order valence-electron chi connectivity index (χ0n) is 10.6. The molecule has 0 aliphatic heterocycles. The van der Waals surface area contributed by atoms with Crippen molar-refractivity contribution in [3.8, 4) is 0 Å². The summed E-state index contributed by atoms with van der Waals surface area (Å²) in [5.41, 5.74) is -0.0603. The van der Waals surface area contributed by atoms with Crippen molar-refractivity contribution in [2.75, 3.05) is 23.9 Å². The number of hydrogen-bond donors (Lipinski definition) is 1. The Bertz CT molecular complexity index is 378. The minimum atomic E-state index is -0.0603. The van der Waals surface area contributed by atoms with E-state index in [-0.39, 0.29) is 5.56 Å². The molecule has 0 unspecified atom stereocenters. The van der Waals surface area contributed by atoms with Gasteiger partial charge in [0.1, 0.15) is 0 Å². The monoisotopic (exact) mass is 255 g/mol. The first-order valence-electron chi connectivity index (χ1n) is 6.00. The van der Waals surface area contributed by atoms with Crippen LogP contribution >= 0.6 is 11.8 Å². The fourth-order valence-electron chi connectivity index (χ4n) is 1.55. The predicted octanol–water partition coefficient (Wildman–Crippen LogP) is 2.12. The maximum atomic E-state index is 11.6. The minimum Gasteiger partial charge on any atom is -0.365 e. The van der Waals surface area contributed by atoms with Gasteiger partial charge in [-0.15, -0.1) is 0 Å². The van der Waals surface area contributed by atoms with Crippen LogP contribution in [0, 0.1) is 0 Å². The molecule has 0 aliphatic rings. The van der Waals surface area contributed by atoms with Crippen LogP contribution in [0.5, 0.6) is 0 Å². The van der Waals surface area contributed by atoms with Crippen molar-refractivity contribution in [3.63, 3.8) is 0 Å². The zero-order chi connectivity index (χ0) is 12.5. The molecule has 0 radical (unpaired) electrons. The number of nitrogens with zero attached hydrogens (tertiary/aromatic N) is 2. The molecule has 1 N–H and O–H groups in total. The summed E-state index contributed by atoms with van der Waals surface area (Å²) >= 11 is 1.90. The van der Waals surface area contributed by atoms with Gasteiger partial charge in [0.25, 0.3) is 5.56 Å². The first-order valence-corrected chi connectivity index (χ1v) is 7.39. The highest BCUT2D eigenvalue weighted by Crippen LogP contribution is 2.04. The van der Waals surface area contributed by atoms with Crippen LogP contribution in [0.2, 0.25) is 0 Å². The Labute approximate surface area is 107 Å². The van der Waals surface area contributed by atoms with E-state index in [4.69, 9.17) is 0 Å². The predicted molar refractivity (Wildman–Crippen MR) is 74.8 cm³/mol. The molecule has 1 aromatic heterocycles. The molecule has 0 saturated heterocycles. The van der Waals surface area contributed by atoms with E-state index >= 15 is 0 Å². The molecule has 1 aromatic rings. The molecular weight excluding hydrogens is 234 g/mol. The van der Waals surface area contributed by atoms with E-state index in [1.54, 1.807) is 19.4 Å². The lowest BCUT2D eigenvalue weighted by Crippen LogP contribution is -2.22. The van der Waals surface area contributed by atoms with Crippen LogP contribution < -0.4 is 10.9 Å². The summed E-state index contributed by atoms with van der Waals surface area (Å²) in [6.45, 7) is 0.825. The van der Waals surface area contributed by atoms with Crippen molar-refractivity contribution >= 4 is 17.6 Å². The third-order valence-corrected chi connectivity index (χ3v) is 3.28. The highest BCUT2D eigenvalue weighted by Gasteiger charge is 2.00. The fraction of sp³-hybridized carbons (Fsp3) is 0.667. The second-order valence-electron chi connectivity index (χ2n) is 4.03. The Morgan fingerprint density at radius 1 is 1.35 bits per heavy atom. The van der Waals surface area contributed by atoms with Crippen LogP contribution in [-0.2, 0) is 7.05 Å². The topological polar surface area (TPSA) is 46.9 Å². The molecule has 4 nitrogen and oxygen atoms in total. The number of thioether (sulfide) groups is 1. The molecule has 0 spiro atoms. The summed E-state index contributed by atoms with van der Waals surface area (Å²) in [5, 5.41) is 3.10. The van der Waals surface area contributed by atoms with Crippen molar-refractivity contribution in [1.29, 1.82) is 0 Å². The first-order chi connectivity index (χ1) is 8.25. The second kappa shape index (κ2) is 8.17. The standard InChI is InChI=1S/C12H21N3OS/c1-15-9-8-14-11(12(15)16)13-7-5-3-4-6-10-17-2/h8-9H,3-7,10H2,1-2H3,(H,13,14). The van der Waals surface area contributed by atoms with Crippen molar-refractivity contribution in [2.24, 2.45) is 7.05 Å². The van der Waals surface area contributed by atoms with E-state index < -0.39 is 0 Å². The van der Waals surface area contributed by atoms with Gasteiger partial charge in [0.2, 0.25) is 0 Å². The van der Waals surface area contributed by atoms with Gasteiger partial charge < -0.3 is 9.88 Å². The zero-order valence-corrected chi connectivity index (χ0v) is 11.4. The number of aryl methyl sites for hydroxylation is 1. The molecule has 0 aliphatic carbocycles. The van der Waals surface area contributed by atoms with Gasteiger partial charge in [0.15, 0.2) is 5.82 Å². The lowest BCUT2D eigenvalue weighted by Gasteiger charge is -2.05. The van der Waals surface area contributed by atoms with E-state index in [0.29, 0.717) is 5.82 Å². The molecule has 1 heterocycles. The normalized spacial score (nSPS) is 10.5. The van der Waals surface area contributed by atoms with Crippen molar-refractivity contribution < 1.29 is 0 Å². The molecule has 1 rings (SSSR count). The van der Waals surface area contributed by atoms with Crippen LogP contribution in [-0.4, -0.2) is 28.1 Å². The van der Waals surface area contributed by atoms with Gasteiger partial charge >= 0.3 is 0 Å². The molecule has 0 amide bonds. The summed E-state index contributed by atoms with van der Waals surface area (Å²) < 4.78 is 1.54. The van der Waals surface area contributed by atoms with E-state index in [1.165, 1.54) is 29.6 Å². The fourth-order valence-corrected chi connectivity index (χ4v) is 2.04. The molecule has 0 bridgehead atoms. The van der Waals surface area contributed by atoms with Gasteiger partial charge in [-0.05, 0) is 24.9 Å². The van der Waals surface area contributed by atoms with Crippen LogP contribution in [0.25, 0.3) is 0 Å². The Morgan fingerprint density at radius 2 is 2.12 bits per heavy atom. The van der Waals surface area contributed by atoms with Gasteiger partial charge in [-0.1, -0.05) is 12.8 Å². The summed E-state index contributed by atoms with van der Waals surface area (Å²) in [5.74, 6) is 1.70. The molecule has 5 heteroatoms. The quantitative estimate of drug-likeness (QED) is 0.723. The number of nitrogens with one attached hydrogen (secondary N) is 1. The number of hydrogen-bond acceptors (Lipinski definition) is 4. The highest BCUT2D eigenvalue weighted by molar-refractivity contribution is 7.98. The number of anilines is 1. The van der Waals surface area contributed by atoms with Crippen molar-refractivity contribution in [1.82, 2.24) is 9.55 Å². The number of unbranched alkanes of at least 4 members (excludes halogenated alkanes) is 3. The Hall–Kier alpha value is -0.970. The number of rotatable bonds is 8. The van der Waals surface area contributed by atoms with Crippen molar-refractivity contribution in [2.45, 2.75) is 25.7 Å². The van der Waals surface area contributed by atoms with Crippen LogP contribution in [0.15, 0.2) is 17.2 Å². The van der Waals surface area contributed by atoms with Gasteiger partial charge in [-0.3, -0.25) is 4.79 Å². The Balaban J connectivity index is 2.18. The molecule has 0 fully saturated rings. The maximum Gasteiger partial charge on any atom is 0.293 e. The third kappa shape index (κ3) is 5.26. The van der Waals surface area contributed by atoms with E-state index in [0.717, 1.165) is 13.0 Å². The van der Waals surface area contributed by atoms with E-state index in [1.807, 2.05) is 11.8 Å². The minimum absolute atomic E-state index is 0.0603. The molecular formula is C12H21N3OS. The molecule has 0 atom stereocenters. The van der Waals surface area contributed by atoms with Gasteiger partial charge in [0, 0.05) is 26.0 Å². The van der Waals surface area contributed by atoms with E-state index in [9.17, 15) is 4.79 Å².